The van der Waals surface area contributed by atoms with E-state index in [0.29, 0.717) is 19.6 Å². The number of nitrogens with two attached hydrogens (primary N) is 2. The third kappa shape index (κ3) is 4.84. The van der Waals surface area contributed by atoms with E-state index in [-0.39, 0.29) is 12.3 Å². The Hall–Kier alpha value is -2.08. The lowest BCUT2D eigenvalue weighted by atomic mass is 10.0. The minimum absolute atomic E-state index is 0.109. The molecule has 98 valence electrons. The van der Waals surface area contributed by atoms with Gasteiger partial charge in [0, 0.05) is 19.6 Å². The van der Waals surface area contributed by atoms with Crippen LogP contribution in [0.4, 0.5) is 4.79 Å². The normalized spacial score (nSPS) is 9.83. The van der Waals surface area contributed by atoms with Gasteiger partial charge >= 0.3 is 6.03 Å². The predicted molar refractivity (Wildman–Crippen MR) is 68.6 cm³/mol. The molecule has 0 spiro atoms. The Labute approximate surface area is 106 Å². The molecule has 6 N–H and O–H groups in total. The second-order valence-electron chi connectivity index (χ2n) is 3.79. The lowest BCUT2D eigenvalue weighted by Gasteiger charge is -2.08. The van der Waals surface area contributed by atoms with Gasteiger partial charge in [0.1, 0.15) is 0 Å². The van der Waals surface area contributed by atoms with Crippen LogP contribution >= 0.6 is 0 Å². The molecule has 0 radical (unpaired) electrons. The van der Waals surface area contributed by atoms with Crippen LogP contribution in [-0.2, 0) is 17.8 Å². The van der Waals surface area contributed by atoms with Crippen molar-refractivity contribution in [3.8, 4) is 0 Å². The fourth-order valence-electron chi connectivity index (χ4n) is 1.55. The number of hydrogen-bond donors (Lipinski definition) is 4. The quantitative estimate of drug-likeness (QED) is 0.509. The fraction of sp³-hybridized carbons (Fsp3) is 0.333. The van der Waals surface area contributed by atoms with Crippen molar-refractivity contribution >= 4 is 11.9 Å². The van der Waals surface area contributed by atoms with Gasteiger partial charge in [-0.05, 0) is 11.1 Å². The van der Waals surface area contributed by atoms with Crippen LogP contribution in [0.3, 0.4) is 0 Å². The summed E-state index contributed by atoms with van der Waals surface area (Å²) in [4.78, 5) is 22.0. The summed E-state index contributed by atoms with van der Waals surface area (Å²) < 4.78 is 0. The Morgan fingerprint density at radius 2 is 1.67 bits per heavy atom. The minimum Gasteiger partial charge on any atom is -0.354 e. The Morgan fingerprint density at radius 3 is 2.28 bits per heavy atom. The summed E-state index contributed by atoms with van der Waals surface area (Å²) in [5, 5.41) is 5.08. The number of nitrogens with one attached hydrogen (secondary N) is 2. The van der Waals surface area contributed by atoms with Crippen molar-refractivity contribution in [3.05, 3.63) is 35.4 Å². The van der Waals surface area contributed by atoms with Gasteiger partial charge < -0.3 is 22.1 Å². The van der Waals surface area contributed by atoms with Gasteiger partial charge in [0.25, 0.3) is 0 Å². The average molecular weight is 250 g/mol. The Morgan fingerprint density at radius 1 is 1.06 bits per heavy atom. The molecule has 18 heavy (non-hydrogen) atoms. The van der Waals surface area contributed by atoms with Gasteiger partial charge in [-0.15, -0.1) is 0 Å². The van der Waals surface area contributed by atoms with Gasteiger partial charge in [-0.2, -0.15) is 0 Å². The van der Waals surface area contributed by atoms with Crippen LogP contribution in [0.15, 0.2) is 24.3 Å². The molecule has 0 aliphatic rings. The van der Waals surface area contributed by atoms with E-state index in [1.54, 1.807) is 0 Å². The SMILES string of the molecule is NCc1ccccc1CC(=O)NCCNC(N)=O. The van der Waals surface area contributed by atoms with Crippen LogP contribution in [0.5, 0.6) is 0 Å². The largest absolute Gasteiger partial charge is 0.354 e. The molecule has 0 saturated heterocycles. The smallest absolute Gasteiger partial charge is 0.312 e. The molecule has 3 amide bonds. The highest BCUT2D eigenvalue weighted by Gasteiger charge is 2.06. The Bertz CT molecular complexity index is 420. The summed E-state index contributed by atoms with van der Waals surface area (Å²) in [5.74, 6) is -0.109. The number of carbonyl (C=O) groups is 2. The van der Waals surface area contributed by atoms with Crippen molar-refractivity contribution in [3.63, 3.8) is 0 Å². The van der Waals surface area contributed by atoms with Gasteiger partial charge in [-0.25, -0.2) is 4.79 Å². The summed E-state index contributed by atoms with van der Waals surface area (Å²) in [6, 6.07) is 6.94. The maximum Gasteiger partial charge on any atom is 0.312 e. The Balaban J connectivity index is 2.37. The van der Waals surface area contributed by atoms with Crippen molar-refractivity contribution in [2.45, 2.75) is 13.0 Å². The zero-order valence-corrected chi connectivity index (χ0v) is 10.1. The van der Waals surface area contributed by atoms with Crippen LogP contribution in [0.1, 0.15) is 11.1 Å². The number of carbonyl (C=O) groups excluding carboxylic acids is 2. The van der Waals surface area contributed by atoms with Crippen LogP contribution < -0.4 is 22.1 Å². The highest BCUT2D eigenvalue weighted by molar-refractivity contribution is 5.79. The van der Waals surface area contributed by atoms with Crippen molar-refractivity contribution < 1.29 is 9.59 Å². The van der Waals surface area contributed by atoms with Gasteiger partial charge in [0.15, 0.2) is 0 Å². The molecule has 0 aromatic heterocycles. The first-order valence-electron chi connectivity index (χ1n) is 5.70. The summed E-state index contributed by atoms with van der Waals surface area (Å²) in [5.41, 5.74) is 12.4. The molecule has 0 bridgehead atoms. The number of hydrogen-bond acceptors (Lipinski definition) is 3. The number of urea groups is 1. The monoisotopic (exact) mass is 250 g/mol. The first-order chi connectivity index (χ1) is 8.63. The molecule has 1 aromatic rings. The maximum absolute atomic E-state index is 11.6. The van der Waals surface area contributed by atoms with Crippen molar-refractivity contribution in [1.82, 2.24) is 10.6 Å². The van der Waals surface area contributed by atoms with E-state index in [4.69, 9.17) is 11.5 Å². The first kappa shape index (κ1) is 14.0. The third-order valence-electron chi connectivity index (χ3n) is 2.44. The van der Waals surface area contributed by atoms with Crippen LogP contribution in [0.25, 0.3) is 0 Å². The highest BCUT2D eigenvalue weighted by Crippen LogP contribution is 2.08. The molecule has 1 aromatic carbocycles. The molecule has 1 rings (SSSR count). The first-order valence-corrected chi connectivity index (χ1v) is 5.70. The van der Waals surface area contributed by atoms with Gasteiger partial charge in [-0.3, -0.25) is 4.79 Å². The second-order valence-corrected chi connectivity index (χ2v) is 3.79. The molecule has 0 atom stereocenters. The zero-order chi connectivity index (χ0) is 13.4. The molecule has 6 nitrogen and oxygen atoms in total. The van der Waals surface area contributed by atoms with Crippen LogP contribution in [-0.4, -0.2) is 25.0 Å². The summed E-state index contributed by atoms with van der Waals surface area (Å²) in [6.45, 7) is 1.08. The molecular weight excluding hydrogens is 232 g/mol. The third-order valence-corrected chi connectivity index (χ3v) is 2.44. The molecule has 6 heteroatoms. The van der Waals surface area contributed by atoms with Gasteiger partial charge in [0.05, 0.1) is 6.42 Å². The predicted octanol–water partition coefficient (Wildman–Crippen LogP) is -0.528. The molecule has 0 saturated carbocycles. The molecule has 0 unspecified atom stereocenters. The zero-order valence-electron chi connectivity index (χ0n) is 10.1. The van der Waals surface area contributed by atoms with Crippen molar-refractivity contribution in [2.24, 2.45) is 11.5 Å². The number of rotatable bonds is 6. The van der Waals surface area contributed by atoms with Crippen LogP contribution in [0.2, 0.25) is 0 Å². The number of amides is 3. The number of benzene rings is 1. The topological polar surface area (TPSA) is 110 Å². The van der Waals surface area contributed by atoms with E-state index in [1.807, 2.05) is 24.3 Å². The lowest BCUT2D eigenvalue weighted by Crippen LogP contribution is -2.37. The number of primary amides is 1. The fourth-order valence-corrected chi connectivity index (χ4v) is 1.55. The van der Waals surface area contributed by atoms with Crippen molar-refractivity contribution in [1.29, 1.82) is 0 Å². The Kier molecular flexibility index (Phi) is 5.66. The molecular formula is C12H18N4O2. The molecule has 0 heterocycles. The summed E-state index contributed by atoms with van der Waals surface area (Å²) in [6.07, 6.45) is 0.282. The maximum atomic E-state index is 11.6. The van der Waals surface area contributed by atoms with E-state index in [2.05, 4.69) is 10.6 Å². The van der Waals surface area contributed by atoms with E-state index in [1.165, 1.54) is 0 Å². The van der Waals surface area contributed by atoms with Gasteiger partial charge in [-0.1, -0.05) is 24.3 Å². The van der Waals surface area contributed by atoms with E-state index >= 15 is 0 Å². The molecule has 0 aliphatic carbocycles. The molecule has 0 aliphatic heterocycles. The van der Waals surface area contributed by atoms with E-state index < -0.39 is 6.03 Å². The molecule has 0 fully saturated rings. The minimum atomic E-state index is -0.599. The van der Waals surface area contributed by atoms with E-state index in [0.717, 1.165) is 11.1 Å². The van der Waals surface area contributed by atoms with Gasteiger partial charge in [0.2, 0.25) is 5.91 Å². The van der Waals surface area contributed by atoms with Crippen molar-refractivity contribution in [2.75, 3.05) is 13.1 Å². The lowest BCUT2D eigenvalue weighted by molar-refractivity contribution is -0.120. The standard InChI is InChI=1S/C12H18N4O2/c13-8-10-4-2-1-3-9(10)7-11(17)15-5-6-16-12(14)18/h1-4H,5-8,13H2,(H,15,17)(H3,14,16,18). The summed E-state index contributed by atoms with van der Waals surface area (Å²) >= 11 is 0. The summed E-state index contributed by atoms with van der Waals surface area (Å²) in [7, 11) is 0. The second kappa shape index (κ2) is 7.29. The van der Waals surface area contributed by atoms with Crippen LogP contribution in [0, 0.1) is 0 Å². The van der Waals surface area contributed by atoms with E-state index in [9.17, 15) is 9.59 Å². The highest BCUT2D eigenvalue weighted by atomic mass is 16.2. The average Bonchev–Trinajstić information content (AvgIpc) is 2.35.